The van der Waals surface area contributed by atoms with Crippen LogP contribution in [-0.2, 0) is 9.53 Å². The second kappa shape index (κ2) is 5.56. The summed E-state index contributed by atoms with van der Waals surface area (Å²) in [5.41, 5.74) is 1.82. The van der Waals surface area contributed by atoms with Crippen molar-refractivity contribution in [2.45, 2.75) is 18.9 Å². The number of aliphatic hydroxyl groups excluding tert-OH is 1. The molecule has 0 aliphatic carbocycles. The second-order valence-corrected chi connectivity index (χ2v) is 5.13. The minimum Gasteiger partial charge on any atom is -0.464 e. The number of rotatable bonds is 4. The lowest BCUT2D eigenvalue weighted by atomic mass is 9.98. The molecule has 3 nitrogen and oxygen atoms in total. The van der Waals surface area contributed by atoms with Gasteiger partial charge in [0, 0.05) is 17.4 Å². The van der Waals surface area contributed by atoms with Crippen LogP contribution in [-0.4, -0.2) is 29.2 Å². The highest BCUT2D eigenvalue weighted by molar-refractivity contribution is 8.00. The van der Waals surface area contributed by atoms with Crippen molar-refractivity contribution in [3.05, 3.63) is 35.4 Å². The van der Waals surface area contributed by atoms with Crippen LogP contribution in [0.3, 0.4) is 0 Å². The van der Waals surface area contributed by atoms with E-state index >= 15 is 0 Å². The fraction of sp³-hybridized carbons (Fsp3) is 0.462. The average Bonchev–Trinajstić information content (AvgIpc) is 2.26. The number of hydrogen-bond donors (Lipinski definition) is 1. The number of carbonyl (C=O) groups excluding carboxylic acids is 1. The highest BCUT2D eigenvalue weighted by Crippen LogP contribution is 2.34. The maximum absolute atomic E-state index is 11.4. The Kier molecular flexibility index (Phi) is 4.07. The summed E-state index contributed by atoms with van der Waals surface area (Å²) >= 11 is 1.91. The Bertz CT molecular complexity index is 401. The molecule has 4 heteroatoms. The molecule has 0 radical (unpaired) electrons. The Morgan fingerprint density at radius 2 is 2.35 bits per heavy atom. The molecule has 0 bridgehead atoms. The molecule has 0 aromatic heterocycles. The van der Waals surface area contributed by atoms with Crippen molar-refractivity contribution >= 4 is 17.7 Å². The lowest BCUT2D eigenvalue weighted by Gasteiger charge is -2.25. The molecule has 0 saturated carbocycles. The molecule has 1 fully saturated rings. The van der Waals surface area contributed by atoms with Crippen LogP contribution in [0.15, 0.2) is 24.3 Å². The smallest absolute Gasteiger partial charge is 0.339 e. The summed E-state index contributed by atoms with van der Waals surface area (Å²) in [4.78, 5) is 11.4. The van der Waals surface area contributed by atoms with Gasteiger partial charge in [-0.25, -0.2) is 4.79 Å². The van der Waals surface area contributed by atoms with E-state index in [1.54, 1.807) is 13.0 Å². The largest absolute Gasteiger partial charge is 0.464 e. The Balaban J connectivity index is 2.11. The first-order valence-electron chi connectivity index (χ1n) is 5.74. The van der Waals surface area contributed by atoms with Crippen molar-refractivity contribution in [2.75, 3.05) is 18.1 Å². The van der Waals surface area contributed by atoms with Gasteiger partial charge in [-0.05, 0) is 18.1 Å². The first kappa shape index (κ1) is 12.5. The van der Waals surface area contributed by atoms with Crippen molar-refractivity contribution < 1.29 is 14.6 Å². The van der Waals surface area contributed by atoms with E-state index in [-0.39, 0.29) is 6.61 Å². The predicted molar refractivity (Wildman–Crippen MR) is 68.1 cm³/mol. The number of esters is 1. The van der Waals surface area contributed by atoms with E-state index < -0.39 is 12.1 Å². The molecule has 0 spiro atoms. The van der Waals surface area contributed by atoms with Crippen molar-refractivity contribution in [1.29, 1.82) is 0 Å². The summed E-state index contributed by atoms with van der Waals surface area (Å²) < 4.78 is 4.81. The highest BCUT2D eigenvalue weighted by atomic mass is 32.2. The minimum absolute atomic E-state index is 0.287. The van der Waals surface area contributed by atoms with Crippen molar-refractivity contribution in [3.63, 3.8) is 0 Å². The van der Waals surface area contributed by atoms with Gasteiger partial charge in [-0.3, -0.25) is 0 Å². The minimum atomic E-state index is -1.16. The molecule has 0 amide bonds. The van der Waals surface area contributed by atoms with Crippen LogP contribution in [0.1, 0.15) is 30.1 Å². The number of carbonyl (C=O) groups is 1. The molecule has 1 atom stereocenters. The van der Waals surface area contributed by atoms with Gasteiger partial charge in [-0.15, -0.1) is 0 Å². The standard InChI is InChI=1S/C13H16O3S/c1-2-16-13(15)12(14)10-5-3-4-9(6-10)11-7-17-8-11/h3-6,11-12,14H,2,7-8H2,1H3. The Labute approximate surface area is 105 Å². The summed E-state index contributed by atoms with van der Waals surface area (Å²) in [6.45, 7) is 2.02. The zero-order valence-corrected chi connectivity index (χ0v) is 10.6. The number of aliphatic hydroxyl groups is 1. The molecular weight excluding hydrogens is 236 g/mol. The van der Waals surface area contributed by atoms with Crippen LogP contribution < -0.4 is 0 Å². The fourth-order valence-corrected chi connectivity index (χ4v) is 2.62. The summed E-state index contributed by atoms with van der Waals surface area (Å²) in [5, 5.41) is 9.84. The quantitative estimate of drug-likeness (QED) is 0.834. The van der Waals surface area contributed by atoms with Crippen LogP contribution in [0.5, 0.6) is 0 Å². The van der Waals surface area contributed by atoms with Gasteiger partial charge in [0.2, 0.25) is 0 Å². The predicted octanol–water partition coefficient (Wildman–Crippen LogP) is 2.11. The van der Waals surface area contributed by atoms with Crippen LogP contribution in [0.25, 0.3) is 0 Å². The van der Waals surface area contributed by atoms with Gasteiger partial charge in [-0.2, -0.15) is 11.8 Å². The summed E-state index contributed by atoms with van der Waals surface area (Å²) in [6, 6.07) is 7.60. The monoisotopic (exact) mass is 252 g/mol. The molecule has 1 N–H and O–H groups in total. The number of ether oxygens (including phenoxy) is 1. The van der Waals surface area contributed by atoms with E-state index in [0.717, 1.165) is 11.5 Å². The van der Waals surface area contributed by atoms with Crippen molar-refractivity contribution in [2.24, 2.45) is 0 Å². The molecule has 1 unspecified atom stereocenters. The molecule has 1 aromatic carbocycles. The SMILES string of the molecule is CCOC(=O)C(O)c1cccc(C2CSC2)c1. The second-order valence-electron chi connectivity index (χ2n) is 4.06. The van der Waals surface area contributed by atoms with Gasteiger partial charge in [0.1, 0.15) is 0 Å². The highest BCUT2D eigenvalue weighted by Gasteiger charge is 2.23. The van der Waals surface area contributed by atoms with Gasteiger partial charge in [0.15, 0.2) is 6.10 Å². The third-order valence-corrected chi connectivity index (χ3v) is 4.12. The van der Waals surface area contributed by atoms with Gasteiger partial charge in [0.05, 0.1) is 6.61 Å². The molecular formula is C13H16O3S. The van der Waals surface area contributed by atoms with E-state index in [9.17, 15) is 9.90 Å². The third kappa shape index (κ3) is 2.82. The van der Waals surface area contributed by atoms with Gasteiger partial charge >= 0.3 is 5.97 Å². The Hall–Kier alpha value is -1.00. The van der Waals surface area contributed by atoms with Gasteiger partial charge < -0.3 is 9.84 Å². The number of benzene rings is 1. The van der Waals surface area contributed by atoms with E-state index in [1.807, 2.05) is 30.0 Å². The van der Waals surface area contributed by atoms with Crippen LogP contribution in [0, 0.1) is 0 Å². The molecule has 1 heterocycles. The third-order valence-electron chi connectivity index (χ3n) is 2.85. The summed E-state index contributed by atoms with van der Waals surface area (Å²) in [7, 11) is 0. The molecule has 92 valence electrons. The number of hydrogen-bond acceptors (Lipinski definition) is 4. The average molecular weight is 252 g/mol. The van der Waals surface area contributed by atoms with E-state index in [0.29, 0.717) is 11.5 Å². The first-order chi connectivity index (χ1) is 8.22. The Morgan fingerprint density at radius 3 is 2.94 bits per heavy atom. The molecule has 1 aromatic rings. The molecule has 1 aliphatic rings. The molecule has 2 rings (SSSR count). The van der Waals surface area contributed by atoms with Gasteiger partial charge in [0.25, 0.3) is 0 Å². The lowest BCUT2D eigenvalue weighted by Crippen LogP contribution is -2.18. The molecule has 17 heavy (non-hydrogen) atoms. The Morgan fingerprint density at radius 1 is 1.59 bits per heavy atom. The van der Waals surface area contributed by atoms with Crippen LogP contribution in [0.2, 0.25) is 0 Å². The van der Waals surface area contributed by atoms with Crippen LogP contribution in [0.4, 0.5) is 0 Å². The first-order valence-corrected chi connectivity index (χ1v) is 6.90. The maximum atomic E-state index is 11.4. The van der Waals surface area contributed by atoms with Gasteiger partial charge in [-0.1, -0.05) is 24.3 Å². The van der Waals surface area contributed by atoms with Crippen molar-refractivity contribution in [3.8, 4) is 0 Å². The lowest BCUT2D eigenvalue weighted by molar-refractivity contribution is -0.153. The summed E-state index contributed by atoms with van der Waals surface area (Å²) in [5.74, 6) is 2.24. The number of thioether (sulfide) groups is 1. The van der Waals surface area contributed by atoms with Crippen molar-refractivity contribution in [1.82, 2.24) is 0 Å². The van der Waals surface area contributed by atoms with Crippen LogP contribution >= 0.6 is 11.8 Å². The topological polar surface area (TPSA) is 46.5 Å². The van der Waals surface area contributed by atoms with E-state index in [2.05, 4.69) is 0 Å². The molecule has 1 aliphatic heterocycles. The maximum Gasteiger partial charge on any atom is 0.339 e. The zero-order valence-electron chi connectivity index (χ0n) is 9.76. The van der Waals surface area contributed by atoms with E-state index in [1.165, 1.54) is 5.56 Å². The van der Waals surface area contributed by atoms with E-state index in [4.69, 9.17) is 4.74 Å². The zero-order chi connectivity index (χ0) is 12.3. The normalized spacial score (nSPS) is 17.3. The molecule has 1 saturated heterocycles. The summed E-state index contributed by atoms with van der Waals surface area (Å²) in [6.07, 6.45) is -1.16. The fourth-order valence-electron chi connectivity index (χ4n) is 1.77.